The molecule has 2 N–H and O–H groups in total. The maximum Gasteiger partial charge on any atom is 0.272 e. The zero-order valence-electron chi connectivity index (χ0n) is 18.0. The van der Waals surface area contributed by atoms with Crippen molar-refractivity contribution in [2.75, 3.05) is 26.6 Å². The molecule has 164 valence electrons. The molecule has 0 atom stereocenters. The molecule has 3 rings (SSSR count). The van der Waals surface area contributed by atoms with E-state index in [1.54, 1.807) is 87.0 Å². The van der Waals surface area contributed by atoms with Crippen molar-refractivity contribution < 1.29 is 23.8 Å². The first-order valence-corrected chi connectivity index (χ1v) is 9.79. The monoisotopic (exact) mass is 432 g/mol. The van der Waals surface area contributed by atoms with Gasteiger partial charge in [0.25, 0.3) is 11.8 Å². The van der Waals surface area contributed by atoms with Gasteiger partial charge in [-0.3, -0.25) is 9.59 Å². The number of methoxy groups -OCH3 is 3. The summed E-state index contributed by atoms with van der Waals surface area (Å²) in [4.78, 5) is 25.8. The molecule has 2 amide bonds. The van der Waals surface area contributed by atoms with Crippen molar-refractivity contribution in [3.8, 4) is 17.2 Å². The second-order valence-corrected chi connectivity index (χ2v) is 6.68. The topological polar surface area (TPSA) is 85.9 Å². The summed E-state index contributed by atoms with van der Waals surface area (Å²) < 4.78 is 15.7. The van der Waals surface area contributed by atoms with Gasteiger partial charge in [0.1, 0.15) is 11.4 Å². The molecule has 3 aromatic carbocycles. The number of nitrogens with one attached hydrogen (secondary N) is 2. The predicted molar refractivity (Wildman–Crippen MR) is 123 cm³/mol. The molecule has 0 saturated carbocycles. The van der Waals surface area contributed by atoms with E-state index in [4.69, 9.17) is 14.2 Å². The fraction of sp³-hybridized carbons (Fsp3) is 0.120. The third-order valence-electron chi connectivity index (χ3n) is 4.60. The standard InChI is InChI=1S/C25H24N2O5/c1-30-20-12-10-19(11-13-20)26-25(29)21(27-24(28)18-7-5-4-6-8-18)15-17-9-14-22(31-2)23(16-17)32-3/h4-16H,1-3H3,(H,26,29)(H,27,28)/b21-15-. The average Bonchev–Trinajstić information content (AvgIpc) is 2.84. The molecular weight excluding hydrogens is 408 g/mol. The minimum absolute atomic E-state index is 0.0712. The number of ether oxygens (including phenoxy) is 3. The van der Waals surface area contributed by atoms with Crippen molar-refractivity contribution in [3.05, 3.63) is 89.6 Å². The highest BCUT2D eigenvalue weighted by Crippen LogP contribution is 2.28. The molecule has 0 heterocycles. The van der Waals surface area contributed by atoms with Crippen molar-refractivity contribution in [1.82, 2.24) is 5.32 Å². The molecule has 0 aliphatic rings. The number of carbonyl (C=O) groups is 2. The van der Waals surface area contributed by atoms with Crippen LogP contribution in [0.4, 0.5) is 5.69 Å². The van der Waals surface area contributed by atoms with Gasteiger partial charge in [-0.25, -0.2) is 0 Å². The third kappa shape index (κ3) is 5.66. The van der Waals surface area contributed by atoms with Crippen molar-refractivity contribution in [1.29, 1.82) is 0 Å². The van der Waals surface area contributed by atoms with Gasteiger partial charge < -0.3 is 24.8 Å². The lowest BCUT2D eigenvalue weighted by Crippen LogP contribution is -2.30. The van der Waals surface area contributed by atoms with E-state index in [1.807, 2.05) is 6.07 Å². The summed E-state index contributed by atoms with van der Waals surface area (Å²) in [6.45, 7) is 0. The Labute approximate surface area is 186 Å². The Hall–Kier alpha value is -4.26. The highest BCUT2D eigenvalue weighted by atomic mass is 16.5. The Morgan fingerprint density at radius 3 is 2.09 bits per heavy atom. The number of anilines is 1. The maximum absolute atomic E-state index is 13.0. The molecule has 0 radical (unpaired) electrons. The summed E-state index contributed by atoms with van der Waals surface area (Å²) in [5.41, 5.74) is 1.71. The van der Waals surface area contributed by atoms with E-state index >= 15 is 0 Å². The third-order valence-corrected chi connectivity index (χ3v) is 4.60. The Bertz CT molecular complexity index is 1110. The molecule has 0 aliphatic heterocycles. The zero-order chi connectivity index (χ0) is 22.9. The summed E-state index contributed by atoms with van der Waals surface area (Å²) in [6, 6.07) is 20.8. The predicted octanol–water partition coefficient (Wildman–Crippen LogP) is 4.12. The molecule has 0 aliphatic carbocycles. The molecule has 0 fully saturated rings. The summed E-state index contributed by atoms with van der Waals surface area (Å²) in [6.07, 6.45) is 1.57. The normalized spacial score (nSPS) is 10.8. The zero-order valence-corrected chi connectivity index (χ0v) is 18.0. The number of hydrogen-bond donors (Lipinski definition) is 2. The summed E-state index contributed by atoms with van der Waals surface area (Å²) >= 11 is 0. The minimum atomic E-state index is -0.478. The maximum atomic E-state index is 13.0. The molecule has 3 aromatic rings. The van der Waals surface area contributed by atoms with Crippen LogP contribution in [-0.4, -0.2) is 33.1 Å². The minimum Gasteiger partial charge on any atom is -0.497 e. The fourth-order valence-corrected chi connectivity index (χ4v) is 2.92. The van der Waals surface area contributed by atoms with Crippen molar-refractivity contribution in [2.45, 2.75) is 0 Å². The van der Waals surface area contributed by atoms with E-state index in [-0.39, 0.29) is 5.70 Å². The highest BCUT2D eigenvalue weighted by Gasteiger charge is 2.16. The van der Waals surface area contributed by atoms with Crippen LogP contribution in [0.15, 0.2) is 78.5 Å². The second-order valence-electron chi connectivity index (χ2n) is 6.68. The van der Waals surface area contributed by atoms with Crippen LogP contribution in [0.1, 0.15) is 15.9 Å². The molecule has 7 nitrogen and oxygen atoms in total. The van der Waals surface area contributed by atoms with Crippen LogP contribution in [0, 0.1) is 0 Å². The number of rotatable bonds is 8. The quantitative estimate of drug-likeness (QED) is 0.523. The van der Waals surface area contributed by atoms with Crippen LogP contribution in [0.3, 0.4) is 0 Å². The Morgan fingerprint density at radius 1 is 0.781 bits per heavy atom. The van der Waals surface area contributed by atoms with Gasteiger partial charge in [-0.2, -0.15) is 0 Å². The first-order valence-electron chi connectivity index (χ1n) is 9.79. The number of benzene rings is 3. The van der Waals surface area contributed by atoms with Crippen LogP contribution in [0.5, 0.6) is 17.2 Å². The Balaban J connectivity index is 1.91. The molecule has 0 unspecified atom stereocenters. The molecule has 0 bridgehead atoms. The van der Waals surface area contributed by atoms with Gasteiger partial charge in [0, 0.05) is 11.3 Å². The van der Waals surface area contributed by atoms with Crippen molar-refractivity contribution >= 4 is 23.6 Å². The molecular formula is C25H24N2O5. The van der Waals surface area contributed by atoms with Gasteiger partial charge in [-0.1, -0.05) is 24.3 Å². The molecule has 32 heavy (non-hydrogen) atoms. The van der Waals surface area contributed by atoms with Gasteiger partial charge >= 0.3 is 0 Å². The van der Waals surface area contributed by atoms with Gasteiger partial charge in [-0.05, 0) is 60.2 Å². The van der Waals surface area contributed by atoms with Gasteiger partial charge in [0.15, 0.2) is 11.5 Å². The largest absolute Gasteiger partial charge is 0.497 e. The lowest BCUT2D eigenvalue weighted by Gasteiger charge is -2.13. The SMILES string of the molecule is COc1ccc(NC(=O)/C(=C/c2ccc(OC)c(OC)c2)NC(=O)c2ccccc2)cc1. The Morgan fingerprint density at radius 2 is 1.47 bits per heavy atom. The lowest BCUT2D eigenvalue weighted by molar-refractivity contribution is -0.113. The van der Waals surface area contributed by atoms with Gasteiger partial charge in [-0.15, -0.1) is 0 Å². The van der Waals surface area contributed by atoms with E-state index in [1.165, 1.54) is 7.11 Å². The van der Waals surface area contributed by atoms with Gasteiger partial charge in [0.05, 0.1) is 21.3 Å². The highest BCUT2D eigenvalue weighted by molar-refractivity contribution is 6.10. The second kappa shape index (κ2) is 10.7. The smallest absolute Gasteiger partial charge is 0.272 e. The van der Waals surface area contributed by atoms with Crippen LogP contribution >= 0.6 is 0 Å². The summed E-state index contributed by atoms with van der Waals surface area (Å²) in [5, 5.41) is 5.49. The summed E-state index contributed by atoms with van der Waals surface area (Å²) in [5.74, 6) is 0.852. The average molecular weight is 432 g/mol. The van der Waals surface area contributed by atoms with Crippen LogP contribution < -0.4 is 24.8 Å². The molecule has 7 heteroatoms. The first-order chi connectivity index (χ1) is 15.5. The molecule has 0 saturated heterocycles. The fourth-order valence-electron chi connectivity index (χ4n) is 2.92. The van der Waals surface area contributed by atoms with Crippen molar-refractivity contribution in [3.63, 3.8) is 0 Å². The van der Waals surface area contributed by atoms with Crippen LogP contribution in [-0.2, 0) is 4.79 Å². The molecule has 0 aromatic heterocycles. The van der Waals surface area contributed by atoms with E-state index in [0.29, 0.717) is 34.1 Å². The van der Waals surface area contributed by atoms with Crippen LogP contribution in [0.2, 0.25) is 0 Å². The summed E-state index contributed by atoms with van der Waals surface area (Å²) in [7, 11) is 4.64. The van der Waals surface area contributed by atoms with Crippen LogP contribution in [0.25, 0.3) is 6.08 Å². The van der Waals surface area contributed by atoms with E-state index in [0.717, 1.165) is 0 Å². The number of amides is 2. The van der Waals surface area contributed by atoms with E-state index < -0.39 is 11.8 Å². The number of hydrogen-bond acceptors (Lipinski definition) is 5. The van der Waals surface area contributed by atoms with E-state index in [2.05, 4.69) is 10.6 Å². The van der Waals surface area contributed by atoms with E-state index in [9.17, 15) is 9.59 Å². The first kappa shape index (κ1) is 22.4. The lowest BCUT2D eigenvalue weighted by atomic mass is 10.1. The van der Waals surface area contributed by atoms with Crippen molar-refractivity contribution in [2.24, 2.45) is 0 Å². The molecule has 0 spiro atoms. The Kier molecular flexibility index (Phi) is 7.48. The van der Waals surface area contributed by atoms with Gasteiger partial charge in [0.2, 0.25) is 0 Å². The number of carbonyl (C=O) groups excluding carboxylic acids is 2.